The van der Waals surface area contributed by atoms with Crippen LogP contribution in [0.3, 0.4) is 0 Å². The third-order valence-corrected chi connectivity index (χ3v) is 3.14. The average molecular weight is 222 g/mol. The smallest absolute Gasteiger partial charge is 0.0886 e. The fourth-order valence-corrected chi connectivity index (χ4v) is 2.17. The number of aliphatic hydroxyl groups excluding tert-OH is 1. The minimum absolute atomic E-state index is 0.0152. The zero-order chi connectivity index (χ0) is 11.7. The molecule has 0 saturated carbocycles. The zero-order valence-electron chi connectivity index (χ0n) is 9.08. The Labute approximate surface area is 94.8 Å². The lowest BCUT2D eigenvalue weighted by Crippen LogP contribution is -2.46. The van der Waals surface area contributed by atoms with Crippen LogP contribution in [0.2, 0.25) is 0 Å². The molecule has 0 amide bonds. The van der Waals surface area contributed by atoms with Gasteiger partial charge in [0.2, 0.25) is 0 Å². The van der Waals surface area contributed by atoms with Crippen LogP contribution in [0.25, 0.3) is 0 Å². The molecule has 1 saturated heterocycles. The lowest BCUT2D eigenvalue weighted by atomic mass is 10.1. The Bertz CT molecular complexity index is 354. The summed E-state index contributed by atoms with van der Waals surface area (Å²) in [6.07, 6.45) is -0.522. The van der Waals surface area contributed by atoms with E-state index in [1.807, 2.05) is 29.2 Å². The average Bonchev–Trinajstić information content (AvgIpc) is 2.56. The number of β-amino-alcohol motifs (C(OH)–C–C–N with tert-alkyl or cyclic N) is 1. The van der Waals surface area contributed by atoms with Crippen LogP contribution in [0.1, 0.15) is 0 Å². The highest BCUT2D eigenvalue weighted by molar-refractivity contribution is 5.55. The third-order valence-electron chi connectivity index (χ3n) is 3.14. The van der Waals surface area contributed by atoms with E-state index in [1.54, 1.807) is 0 Å². The molecule has 1 heterocycles. The molecule has 0 aromatic heterocycles. The number of nitrogens with zero attached hydrogens (tertiary/aromatic N) is 1. The molecule has 0 aliphatic carbocycles. The number of benzene rings is 1. The van der Waals surface area contributed by atoms with E-state index in [9.17, 15) is 5.11 Å². The lowest BCUT2D eigenvalue weighted by molar-refractivity contribution is 0.174. The fraction of sp³-hybridized carbons (Fsp3) is 0.455. The molecule has 5 heteroatoms. The molecule has 88 valence electrons. The molecule has 3 unspecified atom stereocenters. The highest BCUT2D eigenvalue weighted by atomic mass is 16.3. The number of anilines is 2. The van der Waals surface area contributed by atoms with Crippen LogP contribution >= 0.6 is 0 Å². The first kappa shape index (κ1) is 11.2. The van der Waals surface area contributed by atoms with Gasteiger partial charge in [-0.05, 0) is 24.3 Å². The van der Waals surface area contributed by atoms with Gasteiger partial charge in [0.15, 0.2) is 0 Å². The molecular formula is C11H18N4O. The first-order valence-corrected chi connectivity index (χ1v) is 5.39. The standard InChI is InChI=1S/C11H18N4O/c12-5-9-11(14)10(16)6-15(9)8-3-1-7(13)2-4-8/h1-4,9-11,16H,5-6,12-14H2. The summed E-state index contributed by atoms with van der Waals surface area (Å²) >= 11 is 0. The van der Waals surface area contributed by atoms with E-state index in [2.05, 4.69) is 0 Å². The second kappa shape index (κ2) is 4.29. The van der Waals surface area contributed by atoms with Gasteiger partial charge in [-0.2, -0.15) is 0 Å². The molecule has 0 bridgehead atoms. The van der Waals surface area contributed by atoms with Crippen molar-refractivity contribution in [3.8, 4) is 0 Å². The van der Waals surface area contributed by atoms with Gasteiger partial charge >= 0.3 is 0 Å². The van der Waals surface area contributed by atoms with Crippen LogP contribution in [-0.2, 0) is 0 Å². The Morgan fingerprint density at radius 3 is 2.50 bits per heavy atom. The Hall–Kier alpha value is -1.30. The molecule has 1 aromatic rings. The molecule has 5 nitrogen and oxygen atoms in total. The molecule has 3 atom stereocenters. The van der Waals surface area contributed by atoms with Gasteiger partial charge in [-0.15, -0.1) is 0 Å². The molecule has 16 heavy (non-hydrogen) atoms. The monoisotopic (exact) mass is 222 g/mol. The second-order valence-electron chi connectivity index (χ2n) is 4.19. The Morgan fingerprint density at radius 1 is 1.31 bits per heavy atom. The number of nitrogens with two attached hydrogens (primary N) is 3. The summed E-state index contributed by atoms with van der Waals surface area (Å²) in [6.45, 7) is 0.954. The summed E-state index contributed by atoms with van der Waals surface area (Å²) in [6, 6.07) is 7.20. The van der Waals surface area contributed by atoms with Gasteiger partial charge < -0.3 is 27.2 Å². The molecule has 7 N–H and O–H groups in total. The maximum Gasteiger partial charge on any atom is 0.0886 e. The van der Waals surface area contributed by atoms with Crippen LogP contribution in [0, 0.1) is 0 Å². The van der Waals surface area contributed by atoms with E-state index < -0.39 is 6.10 Å². The predicted molar refractivity (Wildman–Crippen MR) is 65.0 cm³/mol. The summed E-state index contributed by atoms with van der Waals surface area (Å²) in [5.74, 6) is 0. The second-order valence-corrected chi connectivity index (χ2v) is 4.19. The van der Waals surface area contributed by atoms with Crippen LogP contribution in [0.5, 0.6) is 0 Å². The van der Waals surface area contributed by atoms with Crippen molar-refractivity contribution in [2.24, 2.45) is 11.5 Å². The van der Waals surface area contributed by atoms with Gasteiger partial charge in [0.1, 0.15) is 0 Å². The number of hydrogen-bond donors (Lipinski definition) is 4. The number of rotatable bonds is 2. The first-order valence-electron chi connectivity index (χ1n) is 5.39. The highest BCUT2D eigenvalue weighted by Gasteiger charge is 2.37. The van der Waals surface area contributed by atoms with Crippen LogP contribution in [0.15, 0.2) is 24.3 Å². The van der Waals surface area contributed by atoms with E-state index >= 15 is 0 Å². The summed E-state index contributed by atoms with van der Waals surface area (Å²) < 4.78 is 0. The van der Waals surface area contributed by atoms with Gasteiger partial charge in [0.25, 0.3) is 0 Å². The summed E-state index contributed by atoms with van der Waals surface area (Å²) in [5, 5.41) is 9.74. The van der Waals surface area contributed by atoms with Gasteiger partial charge in [0, 0.05) is 24.5 Å². The minimum atomic E-state index is -0.522. The number of nitrogen functional groups attached to an aromatic ring is 1. The first-order chi connectivity index (χ1) is 7.63. The largest absolute Gasteiger partial charge is 0.399 e. The Morgan fingerprint density at radius 2 is 1.94 bits per heavy atom. The lowest BCUT2D eigenvalue weighted by Gasteiger charge is -2.27. The van der Waals surface area contributed by atoms with Crippen LogP contribution in [0.4, 0.5) is 11.4 Å². The zero-order valence-corrected chi connectivity index (χ0v) is 9.08. The molecule has 1 aromatic carbocycles. The van der Waals surface area contributed by atoms with Crippen LogP contribution < -0.4 is 22.1 Å². The number of aliphatic hydroxyl groups is 1. The summed E-state index contributed by atoms with van der Waals surface area (Å²) in [7, 11) is 0. The van der Waals surface area contributed by atoms with E-state index in [1.165, 1.54) is 0 Å². The fourth-order valence-electron chi connectivity index (χ4n) is 2.17. The van der Waals surface area contributed by atoms with E-state index in [-0.39, 0.29) is 12.1 Å². The van der Waals surface area contributed by atoms with E-state index in [0.717, 1.165) is 11.4 Å². The maximum atomic E-state index is 9.74. The van der Waals surface area contributed by atoms with Gasteiger partial charge in [0.05, 0.1) is 18.2 Å². The van der Waals surface area contributed by atoms with Gasteiger partial charge in [-0.1, -0.05) is 0 Å². The quantitative estimate of drug-likeness (QED) is 0.486. The van der Waals surface area contributed by atoms with Crippen molar-refractivity contribution in [3.63, 3.8) is 0 Å². The SMILES string of the molecule is NCC1C(N)C(O)CN1c1ccc(N)cc1. The Balaban J connectivity index is 2.23. The van der Waals surface area contributed by atoms with E-state index in [4.69, 9.17) is 17.2 Å². The molecule has 1 aliphatic rings. The molecule has 1 aliphatic heterocycles. The van der Waals surface area contributed by atoms with E-state index in [0.29, 0.717) is 13.1 Å². The normalized spacial score (nSPS) is 29.7. The third kappa shape index (κ3) is 1.84. The summed E-state index contributed by atoms with van der Waals surface area (Å²) in [4.78, 5) is 2.04. The number of hydrogen-bond acceptors (Lipinski definition) is 5. The van der Waals surface area contributed by atoms with Crippen molar-refractivity contribution in [1.82, 2.24) is 0 Å². The molecule has 0 radical (unpaired) electrons. The van der Waals surface area contributed by atoms with Crippen molar-refractivity contribution in [1.29, 1.82) is 0 Å². The molecular weight excluding hydrogens is 204 g/mol. The minimum Gasteiger partial charge on any atom is -0.399 e. The summed E-state index contributed by atoms with van der Waals surface area (Å²) in [5.41, 5.74) is 18.9. The predicted octanol–water partition coefficient (Wildman–Crippen LogP) is -0.896. The molecule has 2 rings (SSSR count). The maximum absolute atomic E-state index is 9.74. The topological polar surface area (TPSA) is 102 Å². The van der Waals surface area contributed by atoms with Crippen molar-refractivity contribution in [3.05, 3.63) is 24.3 Å². The van der Waals surface area contributed by atoms with Gasteiger partial charge in [-0.25, -0.2) is 0 Å². The van der Waals surface area contributed by atoms with Crippen molar-refractivity contribution in [2.45, 2.75) is 18.2 Å². The van der Waals surface area contributed by atoms with Gasteiger partial charge in [-0.3, -0.25) is 0 Å². The molecule has 1 fully saturated rings. The van der Waals surface area contributed by atoms with Crippen LogP contribution in [-0.4, -0.2) is 36.4 Å². The van der Waals surface area contributed by atoms with Crippen molar-refractivity contribution in [2.75, 3.05) is 23.7 Å². The highest BCUT2D eigenvalue weighted by Crippen LogP contribution is 2.25. The Kier molecular flexibility index (Phi) is 3.00. The molecule has 0 spiro atoms. The van der Waals surface area contributed by atoms with Crippen molar-refractivity contribution >= 4 is 11.4 Å². The van der Waals surface area contributed by atoms with Crippen molar-refractivity contribution < 1.29 is 5.11 Å².